The molecule has 0 radical (unpaired) electrons. The lowest BCUT2D eigenvalue weighted by atomic mass is 10.2. The monoisotopic (exact) mass is 224 g/mol. The van der Waals surface area contributed by atoms with Crippen molar-refractivity contribution in [3.05, 3.63) is 12.5 Å². The third-order valence-corrected chi connectivity index (χ3v) is 4.21. The molecule has 0 amide bonds. The highest BCUT2D eigenvalue weighted by atomic mass is 32.2. The van der Waals surface area contributed by atoms with Crippen molar-refractivity contribution < 1.29 is 0 Å². The minimum Gasteiger partial charge on any atom is -0.394 e. The molecule has 1 fully saturated rings. The Morgan fingerprint density at radius 2 is 2.33 bits per heavy atom. The van der Waals surface area contributed by atoms with Gasteiger partial charge < -0.3 is 10.6 Å². The number of hydrogen-bond acceptors (Lipinski definition) is 5. The molecule has 82 valence electrons. The van der Waals surface area contributed by atoms with E-state index in [4.69, 9.17) is 5.73 Å². The molecule has 2 rings (SSSR count). The first-order valence-electron chi connectivity index (χ1n) is 5.14. The van der Waals surface area contributed by atoms with Crippen molar-refractivity contribution in [3.63, 3.8) is 0 Å². The van der Waals surface area contributed by atoms with E-state index in [9.17, 15) is 0 Å². The Labute approximate surface area is 94.3 Å². The van der Waals surface area contributed by atoms with Crippen LogP contribution in [0.25, 0.3) is 0 Å². The zero-order valence-electron chi connectivity index (χ0n) is 9.05. The maximum atomic E-state index is 5.89. The quantitative estimate of drug-likeness (QED) is 0.781. The number of rotatable bonds is 1. The molecule has 4 nitrogen and oxygen atoms in total. The Hall–Kier alpha value is -0.970. The van der Waals surface area contributed by atoms with Crippen LogP contribution in [0.5, 0.6) is 0 Å². The van der Waals surface area contributed by atoms with Gasteiger partial charge in [-0.05, 0) is 6.92 Å². The van der Waals surface area contributed by atoms with Gasteiger partial charge in [-0.2, -0.15) is 11.8 Å². The molecule has 1 saturated heterocycles. The average Bonchev–Trinajstić information content (AvgIpc) is 2.23. The number of thioether (sulfide) groups is 1. The van der Waals surface area contributed by atoms with Gasteiger partial charge in [0, 0.05) is 23.6 Å². The summed E-state index contributed by atoms with van der Waals surface area (Å²) in [5.41, 5.74) is 6.56. The maximum Gasteiger partial charge on any atom is 0.155 e. The number of nitrogen functional groups attached to an aromatic ring is 1. The number of nitrogens with zero attached hydrogens (tertiary/aromatic N) is 3. The van der Waals surface area contributed by atoms with Gasteiger partial charge in [0.25, 0.3) is 0 Å². The van der Waals surface area contributed by atoms with Crippen LogP contribution in [0, 0.1) is 0 Å². The molecule has 2 unspecified atom stereocenters. The van der Waals surface area contributed by atoms with E-state index in [1.165, 1.54) is 0 Å². The standard InChI is InChI=1S/C10H16N4S/c1-7-8(2)15-4-3-14(7)10-9(11)5-12-6-13-10/h5-8H,3-4,11H2,1-2H3. The fourth-order valence-corrected chi connectivity index (χ4v) is 2.91. The lowest BCUT2D eigenvalue weighted by Gasteiger charge is -2.38. The predicted molar refractivity (Wildman–Crippen MR) is 65.2 cm³/mol. The van der Waals surface area contributed by atoms with Crippen LogP contribution in [0.3, 0.4) is 0 Å². The molecular weight excluding hydrogens is 208 g/mol. The van der Waals surface area contributed by atoms with Crippen LogP contribution in [0.15, 0.2) is 12.5 Å². The molecule has 1 aliphatic rings. The first-order valence-corrected chi connectivity index (χ1v) is 6.18. The van der Waals surface area contributed by atoms with Crippen molar-refractivity contribution in [1.82, 2.24) is 9.97 Å². The summed E-state index contributed by atoms with van der Waals surface area (Å²) in [6.45, 7) is 5.48. The smallest absolute Gasteiger partial charge is 0.155 e. The van der Waals surface area contributed by atoms with Crippen LogP contribution >= 0.6 is 11.8 Å². The Morgan fingerprint density at radius 1 is 1.53 bits per heavy atom. The lowest BCUT2D eigenvalue weighted by Crippen LogP contribution is -2.45. The second-order valence-electron chi connectivity index (χ2n) is 3.81. The van der Waals surface area contributed by atoms with Crippen molar-refractivity contribution in [3.8, 4) is 0 Å². The molecule has 1 aliphatic heterocycles. The SMILES string of the molecule is CC1SCCN(c2ncncc2N)C1C. The van der Waals surface area contributed by atoms with E-state index in [-0.39, 0.29) is 0 Å². The minimum atomic E-state index is 0.473. The molecule has 2 atom stereocenters. The summed E-state index contributed by atoms with van der Waals surface area (Å²) in [7, 11) is 0. The maximum absolute atomic E-state index is 5.89. The summed E-state index contributed by atoms with van der Waals surface area (Å²) in [5, 5.41) is 0.619. The summed E-state index contributed by atoms with van der Waals surface area (Å²) in [5.74, 6) is 2.01. The third-order valence-electron chi connectivity index (χ3n) is 2.87. The van der Waals surface area contributed by atoms with E-state index in [1.807, 2.05) is 11.8 Å². The summed E-state index contributed by atoms with van der Waals surface area (Å²) in [4.78, 5) is 10.5. The van der Waals surface area contributed by atoms with E-state index in [2.05, 4.69) is 28.7 Å². The van der Waals surface area contributed by atoms with E-state index >= 15 is 0 Å². The number of anilines is 2. The molecule has 15 heavy (non-hydrogen) atoms. The molecule has 0 aliphatic carbocycles. The van der Waals surface area contributed by atoms with Gasteiger partial charge in [-0.1, -0.05) is 6.92 Å². The second kappa shape index (κ2) is 4.26. The highest BCUT2D eigenvalue weighted by Crippen LogP contribution is 2.30. The van der Waals surface area contributed by atoms with Crippen molar-refractivity contribution in [2.75, 3.05) is 22.9 Å². The summed E-state index contributed by atoms with van der Waals surface area (Å²) in [6.07, 6.45) is 3.23. The minimum absolute atomic E-state index is 0.473. The first-order chi connectivity index (χ1) is 7.20. The number of nitrogens with two attached hydrogens (primary N) is 1. The molecule has 2 N–H and O–H groups in total. The van der Waals surface area contributed by atoms with Gasteiger partial charge >= 0.3 is 0 Å². The molecule has 0 saturated carbocycles. The van der Waals surface area contributed by atoms with Crippen LogP contribution in [0.2, 0.25) is 0 Å². The largest absolute Gasteiger partial charge is 0.394 e. The molecule has 0 spiro atoms. The molecule has 2 heterocycles. The molecule has 0 bridgehead atoms. The van der Waals surface area contributed by atoms with Crippen LogP contribution in [0.1, 0.15) is 13.8 Å². The predicted octanol–water partition coefficient (Wildman–Crippen LogP) is 1.39. The van der Waals surface area contributed by atoms with Gasteiger partial charge in [-0.25, -0.2) is 9.97 Å². The Morgan fingerprint density at radius 3 is 3.07 bits per heavy atom. The van der Waals surface area contributed by atoms with E-state index in [0.717, 1.165) is 18.1 Å². The van der Waals surface area contributed by atoms with Gasteiger partial charge in [0.05, 0.1) is 11.9 Å². The van der Waals surface area contributed by atoms with Gasteiger partial charge in [0.2, 0.25) is 0 Å². The first kappa shape index (κ1) is 10.5. The Bertz CT molecular complexity index is 344. The fourth-order valence-electron chi connectivity index (χ4n) is 1.81. The zero-order chi connectivity index (χ0) is 10.8. The molecular formula is C10H16N4S. The van der Waals surface area contributed by atoms with E-state index < -0.39 is 0 Å². The van der Waals surface area contributed by atoms with Crippen LogP contribution in [0.4, 0.5) is 11.5 Å². The van der Waals surface area contributed by atoms with Crippen molar-refractivity contribution in [1.29, 1.82) is 0 Å². The molecule has 5 heteroatoms. The highest BCUT2D eigenvalue weighted by Gasteiger charge is 2.27. The van der Waals surface area contributed by atoms with Gasteiger partial charge in [0.15, 0.2) is 5.82 Å². The molecule has 1 aromatic rings. The average molecular weight is 224 g/mol. The molecule has 1 aromatic heterocycles. The normalized spacial score (nSPS) is 26.7. The number of aromatic nitrogens is 2. The molecule has 0 aromatic carbocycles. The van der Waals surface area contributed by atoms with Gasteiger partial charge in [-0.15, -0.1) is 0 Å². The van der Waals surface area contributed by atoms with Crippen LogP contribution in [-0.2, 0) is 0 Å². The van der Waals surface area contributed by atoms with Crippen LogP contribution < -0.4 is 10.6 Å². The fraction of sp³-hybridized carbons (Fsp3) is 0.600. The summed E-state index contributed by atoms with van der Waals surface area (Å²) in [6, 6.07) is 0.473. The summed E-state index contributed by atoms with van der Waals surface area (Å²) < 4.78 is 0. The highest BCUT2D eigenvalue weighted by molar-refractivity contribution is 8.00. The van der Waals surface area contributed by atoms with E-state index in [1.54, 1.807) is 12.5 Å². The second-order valence-corrected chi connectivity index (χ2v) is 5.30. The van der Waals surface area contributed by atoms with Gasteiger partial charge in [-0.3, -0.25) is 0 Å². The number of hydrogen-bond donors (Lipinski definition) is 1. The Kier molecular flexibility index (Phi) is 3.00. The van der Waals surface area contributed by atoms with Crippen molar-refractivity contribution in [2.45, 2.75) is 25.1 Å². The van der Waals surface area contributed by atoms with Crippen LogP contribution in [-0.4, -0.2) is 33.6 Å². The summed E-state index contributed by atoms with van der Waals surface area (Å²) >= 11 is 2.00. The topological polar surface area (TPSA) is 55.0 Å². The van der Waals surface area contributed by atoms with E-state index in [0.29, 0.717) is 17.0 Å². The van der Waals surface area contributed by atoms with Crippen molar-refractivity contribution in [2.24, 2.45) is 0 Å². The van der Waals surface area contributed by atoms with Crippen molar-refractivity contribution >= 4 is 23.3 Å². The Balaban J connectivity index is 2.26. The lowest BCUT2D eigenvalue weighted by molar-refractivity contribution is 0.620. The van der Waals surface area contributed by atoms with Gasteiger partial charge in [0.1, 0.15) is 6.33 Å². The zero-order valence-corrected chi connectivity index (χ0v) is 9.87. The third kappa shape index (κ3) is 2.02.